The smallest absolute Gasteiger partial charge is 0.283 e. The molecule has 0 aliphatic rings. The van der Waals surface area contributed by atoms with E-state index in [1.165, 1.54) is 22.0 Å². The van der Waals surface area contributed by atoms with Gasteiger partial charge in [0.2, 0.25) is 11.0 Å². The third-order valence-electron chi connectivity index (χ3n) is 3.95. The van der Waals surface area contributed by atoms with Crippen LogP contribution in [0.25, 0.3) is 11.7 Å². The molecule has 3 aromatic heterocycles. The summed E-state index contributed by atoms with van der Waals surface area (Å²) in [7, 11) is 0. The number of aryl methyl sites for hydroxylation is 2. The Morgan fingerprint density at radius 3 is 2.82 bits per heavy atom. The highest BCUT2D eigenvalue weighted by atomic mass is 32.2. The van der Waals surface area contributed by atoms with Crippen molar-refractivity contribution in [3.63, 3.8) is 0 Å². The molecule has 0 aliphatic heterocycles. The van der Waals surface area contributed by atoms with E-state index in [0.29, 0.717) is 34.3 Å². The number of nitrogens with two attached hydrogens (primary N) is 1. The Hall–Kier alpha value is -3.27. The number of hydrogen-bond acceptors (Lipinski definition) is 9. The number of furan rings is 1. The maximum atomic E-state index is 6.09. The van der Waals surface area contributed by atoms with Crippen molar-refractivity contribution in [2.45, 2.75) is 31.4 Å². The van der Waals surface area contributed by atoms with E-state index in [9.17, 15) is 0 Å². The topological polar surface area (TPSA) is 118 Å². The summed E-state index contributed by atoms with van der Waals surface area (Å²) in [5.41, 5.74) is 2.24. The van der Waals surface area contributed by atoms with Gasteiger partial charge < -0.3 is 19.4 Å². The van der Waals surface area contributed by atoms with Crippen LogP contribution < -0.4 is 10.6 Å². The largest absolute Gasteiger partial charge is 0.485 e. The van der Waals surface area contributed by atoms with Crippen molar-refractivity contribution in [2.24, 2.45) is 0 Å². The molecule has 0 bridgehead atoms. The van der Waals surface area contributed by atoms with Crippen LogP contribution in [-0.2, 0) is 12.4 Å². The Kier molecular flexibility index (Phi) is 5.02. The zero-order valence-corrected chi connectivity index (χ0v) is 16.1. The molecule has 10 heteroatoms. The van der Waals surface area contributed by atoms with Crippen molar-refractivity contribution in [1.82, 2.24) is 25.1 Å². The van der Waals surface area contributed by atoms with Crippen molar-refractivity contribution in [3.8, 4) is 17.4 Å². The molecule has 3 heterocycles. The Morgan fingerprint density at radius 2 is 2.04 bits per heavy atom. The lowest BCUT2D eigenvalue weighted by Crippen LogP contribution is -2.16. The lowest BCUT2D eigenvalue weighted by atomic mass is 10.1. The van der Waals surface area contributed by atoms with Crippen molar-refractivity contribution in [1.29, 1.82) is 0 Å². The van der Waals surface area contributed by atoms with Crippen molar-refractivity contribution >= 4 is 11.8 Å². The summed E-state index contributed by atoms with van der Waals surface area (Å²) in [6.07, 6.45) is 1.55. The molecular formula is C18H18N6O3S. The molecule has 0 radical (unpaired) electrons. The van der Waals surface area contributed by atoms with Crippen LogP contribution >= 0.6 is 11.8 Å². The number of thioether (sulfide) groups is 1. The first-order chi connectivity index (χ1) is 13.6. The molecule has 9 nitrogen and oxygen atoms in total. The Balaban J connectivity index is 1.37. The molecule has 0 amide bonds. The lowest BCUT2D eigenvalue weighted by Gasteiger charge is -2.09. The number of aromatic nitrogens is 5. The molecule has 2 N–H and O–H groups in total. The number of ether oxygens (including phenoxy) is 1. The predicted octanol–water partition coefficient (Wildman–Crippen LogP) is 3.12. The molecule has 0 unspecified atom stereocenters. The molecule has 4 aromatic rings. The monoisotopic (exact) mass is 398 g/mol. The summed E-state index contributed by atoms with van der Waals surface area (Å²) in [6, 6.07) is 9.50. The third-order valence-corrected chi connectivity index (χ3v) is 4.87. The minimum Gasteiger partial charge on any atom is -0.485 e. The molecular weight excluding hydrogens is 380 g/mol. The summed E-state index contributed by atoms with van der Waals surface area (Å²) in [5.74, 6) is 9.09. The van der Waals surface area contributed by atoms with Gasteiger partial charge in [0.15, 0.2) is 11.6 Å². The van der Waals surface area contributed by atoms with Gasteiger partial charge in [-0.3, -0.25) is 0 Å². The molecule has 0 saturated heterocycles. The minimum atomic E-state index is 0.219. The van der Waals surface area contributed by atoms with Crippen LogP contribution in [0.3, 0.4) is 0 Å². The summed E-state index contributed by atoms with van der Waals surface area (Å²) in [4.78, 5) is 0. The van der Waals surface area contributed by atoms with Crippen molar-refractivity contribution in [3.05, 3.63) is 59.4 Å². The van der Waals surface area contributed by atoms with Gasteiger partial charge in [0.25, 0.3) is 5.89 Å². The van der Waals surface area contributed by atoms with Crippen LogP contribution in [0, 0.1) is 13.8 Å². The second kappa shape index (κ2) is 7.77. The Morgan fingerprint density at radius 1 is 1.14 bits per heavy atom. The van der Waals surface area contributed by atoms with Crippen LogP contribution in [0.1, 0.15) is 22.8 Å². The summed E-state index contributed by atoms with van der Waals surface area (Å²) < 4.78 is 18.0. The maximum Gasteiger partial charge on any atom is 0.283 e. The van der Waals surface area contributed by atoms with Gasteiger partial charge in [-0.05, 0) is 37.6 Å². The second-order valence-corrected chi connectivity index (χ2v) is 7.04. The summed E-state index contributed by atoms with van der Waals surface area (Å²) in [5, 5.41) is 16.7. The molecule has 0 atom stereocenters. The summed E-state index contributed by atoms with van der Waals surface area (Å²) in [6.45, 7) is 4.26. The van der Waals surface area contributed by atoms with Gasteiger partial charge in [0, 0.05) is 0 Å². The normalized spacial score (nSPS) is 11.1. The predicted molar refractivity (Wildman–Crippen MR) is 102 cm³/mol. The second-order valence-electron chi connectivity index (χ2n) is 6.09. The van der Waals surface area contributed by atoms with E-state index in [-0.39, 0.29) is 6.61 Å². The van der Waals surface area contributed by atoms with E-state index >= 15 is 0 Å². The van der Waals surface area contributed by atoms with Gasteiger partial charge in [-0.25, -0.2) is 4.68 Å². The SMILES string of the molecule is Cc1ccc(OCc2nnc(SCc3nnc(-c4ccco4)o3)n2N)c(C)c1. The minimum absolute atomic E-state index is 0.219. The molecule has 1 aromatic carbocycles. The van der Waals surface area contributed by atoms with Crippen LogP contribution in [0.4, 0.5) is 0 Å². The first-order valence-electron chi connectivity index (χ1n) is 8.48. The van der Waals surface area contributed by atoms with E-state index < -0.39 is 0 Å². The average molecular weight is 398 g/mol. The Bertz CT molecular complexity index is 1070. The molecule has 0 fully saturated rings. The van der Waals surface area contributed by atoms with Crippen LogP contribution in [0.5, 0.6) is 5.75 Å². The number of nitrogen functional groups attached to an aromatic ring is 1. The number of rotatable bonds is 7. The molecule has 0 aliphatic carbocycles. The van der Waals surface area contributed by atoms with Gasteiger partial charge in [-0.15, -0.1) is 20.4 Å². The van der Waals surface area contributed by atoms with Crippen molar-refractivity contribution < 1.29 is 13.6 Å². The van der Waals surface area contributed by atoms with Crippen LogP contribution in [0.2, 0.25) is 0 Å². The van der Waals surface area contributed by atoms with E-state index in [1.807, 2.05) is 26.0 Å². The third kappa shape index (κ3) is 3.86. The van der Waals surface area contributed by atoms with Gasteiger partial charge in [-0.2, -0.15) is 0 Å². The van der Waals surface area contributed by atoms with E-state index in [4.69, 9.17) is 19.4 Å². The zero-order chi connectivity index (χ0) is 19.5. The fourth-order valence-corrected chi connectivity index (χ4v) is 3.26. The number of nitrogens with zero attached hydrogens (tertiary/aromatic N) is 5. The fourth-order valence-electron chi connectivity index (χ4n) is 2.55. The Labute approximate surface area is 164 Å². The van der Waals surface area contributed by atoms with Crippen LogP contribution in [-0.4, -0.2) is 25.1 Å². The quantitative estimate of drug-likeness (QED) is 0.370. The number of benzene rings is 1. The van der Waals surface area contributed by atoms with Gasteiger partial charge in [0.05, 0.1) is 12.0 Å². The number of hydrogen-bond donors (Lipinski definition) is 1. The molecule has 4 rings (SSSR count). The van der Waals surface area contributed by atoms with E-state index in [0.717, 1.165) is 11.3 Å². The summed E-state index contributed by atoms with van der Waals surface area (Å²) >= 11 is 1.34. The van der Waals surface area contributed by atoms with Crippen molar-refractivity contribution in [2.75, 3.05) is 5.84 Å². The van der Waals surface area contributed by atoms with Gasteiger partial charge in [-0.1, -0.05) is 29.5 Å². The molecule has 28 heavy (non-hydrogen) atoms. The van der Waals surface area contributed by atoms with Gasteiger partial charge >= 0.3 is 0 Å². The highest BCUT2D eigenvalue weighted by molar-refractivity contribution is 7.98. The lowest BCUT2D eigenvalue weighted by molar-refractivity contribution is 0.289. The van der Waals surface area contributed by atoms with E-state index in [2.05, 4.69) is 26.5 Å². The fraction of sp³-hybridized carbons (Fsp3) is 0.222. The van der Waals surface area contributed by atoms with E-state index in [1.54, 1.807) is 18.4 Å². The standard InChI is InChI=1S/C18H18N6O3S/c1-11-5-6-13(12(2)8-11)26-9-15-20-23-18(24(15)19)28-10-16-21-22-17(27-16)14-4-3-7-25-14/h3-8H,9-10,19H2,1-2H3. The van der Waals surface area contributed by atoms with Crippen LogP contribution in [0.15, 0.2) is 50.6 Å². The average Bonchev–Trinajstić information content (AvgIpc) is 3.41. The molecule has 0 saturated carbocycles. The highest BCUT2D eigenvalue weighted by Crippen LogP contribution is 2.24. The highest BCUT2D eigenvalue weighted by Gasteiger charge is 2.15. The zero-order valence-electron chi connectivity index (χ0n) is 15.3. The maximum absolute atomic E-state index is 6.09. The first kappa shape index (κ1) is 18.1. The molecule has 144 valence electrons. The van der Waals surface area contributed by atoms with Gasteiger partial charge in [0.1, 0.15) is 12.4 Å². The first-order valence-corrected chi connectivity index (χ1v) is 9.47. The molecule has 0 spiro atoms.